The van der Waals surface area contributed by atoms with Crippen molar-refractivity contribution in [3.8, 4) is 22.3 Å². The van der Waals surface area contributed by atoms with Crippen molar-refractivity contribution in [3.05, 3.63) is 86.0 Å². The van der Waals surface area contributed by atoms with E-state index in [0.717, 1.165) is 43.8 Å². The number of hydrogen-bond acceptors (Lipinski definition) is 4. The van der Waals surface area contributed by atoms with Gasteiger partial charge in [-0.3, -0.25) is 19.9 Å². The molecule has 0 aliphatic carbocycles. The molecule has 0 saturated heterocycles. The standard InChI is InChI=1S/C22H14N4/c1-3-15(11-23-7-1)21-17-5-9-26-14-20(17)22(16-4-2-8-24-12-16)18-6-10-25-13-19(18)21/h1-14H. The van der Waals surface area contributed by atoms with Crippen molar-refractivity contribution in [3.63, 3.8) is 0 Å². The number of rotatable bonds is 2. The van der Waals surface area contributed by atoms with Crippen LogP contribution in [-0.2, 0) is 0 Å². The van der Waals surface area contributed by atoms with Gasteiger partial charge >= 0.3 is 0 Å². The highest BCUT2D eigenvalue weighted by Crippen LogP contribution is 2.42. The first-order valence-corrected chi connectivity index (χ1v) is 8.37. The van der Waals surface area contributed by atoms with Crippen LogP contribution >= 0.6 is 0 Å². The number of hydrogen-bond donors (Lipinski definition) is 0. The minimum Gasteiger partial charge on any atom is -0.264 e. The van der Waals surface area contributed by atoms with Crippen LogP contribution in [-0.4, -0.2) is 19.9 Å². The second kappa shape index (κ2) is 6.01. The van der Waals surface area contributed by atoms with Crippen molar-refractivity contribution in [2.75, 3.05) is 0 Å². The molecule has 0 fully saturated rings. The average molecular weight is 334 g/mol. The summed E-state index contributed by atoms with van der Waals surface area (Å²) in [5.74, 6) is 0. The smallest absolute Gasteiger partial charge is 0.0353 e. The van der Waals surface area contributed by atoms with Gasteiger partial charge in [0.25, 0.3) is 0 Å². The molecule has 0 N–H and O–H groups in total. The topological polar surface area (TPSA) is 51.6 Å². The van der Waals surface area contributed by atoms with E-state index in [9.17, 15) is 0 Å². The largest absolute Gasteiger partial charge is 0.264 e. The summed E-state index contributed by atoms with van der Waals surface area (Å²) < 4.78 is 0. The lowest BCUT2D eigenvalue weighted by Crippen LogP contribution is -1.92. The SMILES string of the molecule is c1cncc(-c2c3ccncc3c(-c3cccnc3)c3ccncc23)c1. The highest BCUT2D eigenvalue weighted by atomic mass is 14.6. The predicted molar refractivity (Wildman–Crippen MR) is 104 cm³/mol. The third-order valence-electron chi connectivity index (χ3n) is 4.62. The maximum absolute atomic E-state index is 4.39. The minimum atomic E-state index is 1.07. The molecule has 4 aromatic heterocycles. The van der Waals surface area contributed by atoms with Gasteiger partial charge in [-0.05, 0) is 35.0 Å². The van der Waals surface area contributed by atoms with Gasteiger partial charge in [0.15, 0.2) is 0 Å². The molecule has 0 aliphatic heterocycles. The molecule has 0 saturated carbocycles. The molecule has 5 aromatic rings. The Morgan fingerprint density at radius 1 is 0.423 bits per heavy atom. The van der Waals surface area contributed by atoms with Gasteiger partial charge in [-0.25, -0.2) is 0 Å². The minimum absolute atomic E-state index is 1.07. The van der Waals surface area contributed by atoms with Gasteiger partial charge in [0.2, 0.25) is 0 Å². The fourth-order valence-electron chi connectivity index (χ4n) is 3.56. The summed E-state index contributed by atoms with van der Waals surface area (Å²) in [4.78, 5) is 17.4. The van der Waals surface area contributed by atoms with Crippen molar-refractivity contribution in [2.24, 2.45) is 0 Å². The second-order valence-electron chi connectivity index (χ2n) is 6.08. The lowest BCUT2D eigenvalue weighted by atomic mass is 9.88. The van der Waals surface area contributed by atoms with E-state index in [4.69, 9.17) is 0 Å². The zero-order valence-electron chi connectivity index (χ0n) is 13.9. The number of benzene rings is 1. The van der Waals surface area contributed by atoms with E-state index in [1.807, 2.05) is 49.3 Å². The van der Waals surface area contributed by atoms with Crippen molar-refractivity contribution >= 4 is 21.5 Å². The second-order valence-corrected chi connectivity index (χ2v) is 6.08. The molecule has 122 valence electrons. The molecule has 4 nitrogen and oxygen atoms in total. The van der Waals surface area contributed by atoms with Crippen LogP contribution in [0.1, 0.15) is 0 Å². The quantitative estimate of drug-likeness (QED) is 0.431. The normalized spacial score (nSPS) is 11.1. The summed E-state index contributed by atoms with van der Waals surface area (Å²) >= 11 is 0. The van der Waals surface area contributed by atoms with Crippen LogP contribution in [0.25, 0.3) is 43.8 Å². The number of nitrogens with zero attached hydrogens (tertiary/aromatic N) is 4. The van der Waals surface area contributed by atoms with E-state index in [0.29, 0.717) is 0 Å². The first kappa shape index (κ1) is 14.7. The molecular weight excluding hydrogens is 320 g/mol. The van der Waals surface area contributed by atoms with Gasteiger partial charge in [0.05, 0.1) is 0 Å². The van der Waals surface area contributed by atoms with Crippen LogP contribution in [0.4, 0.5) is 0 Å². The van der Waals surface area contributed by atoms with E-state index in [2.05, 4.69) is 44.2 Å². The molecule has 4 heteroatoms. The van der Waals surface area contributed by atoms with E-state index in [1.54, 1.807) is 12.4 Å². The third-order valence-corrected chi connectivity index (χ3v) is 4.62. The Morgan fingerprint density at radius 2 is 0.885 bits per heavy atom. The summed E-state index contributed by atoms with van der Waals surface area (Å²) in [5, 5.41) is 4.45. The zero-order chi connectivity index (χ0) is 17.3. The highest BCUT2D eigenvalue weighted by molar-refractivity contribution is 6.20. The van der Waals surface area contributed by atoms with E-state index >= 15 is 0 Å². The summed E-state index contributed by atoms with van der Waals surface area (Å²) in [6, 6.07) is 12.2. The van der Waals surface area contributed by atoms with Gasteiger partial charge in [-0.15, -0.1) is 0 Å². The molecule has 0 radical (unpaired) electrons. The van der Waals surface area contributed by atoms with E-state index in [-0.39, 0.29) is 0 Å². The van der Waals surface area contributed by atoms with Crippen molar-refractivity contribution in [1.29, 1.82) is 0 Å². The van der Waals surface area contributed by atoms with Crippen molar-refractivity contribution < 1.29 is 0 Å². The summed E-state index contributed by atoms with van der Waals surface area (Å²) in [7, 11) is 0. The first-order chi connectivity index (χ1) is 12.9. The lowest BCUT2D eigenvalue weighted by Gasteiger charge is -2.16. The molecule has 0 amide bonds. The molecule has 1 aromatic carbocycles. The fraction of sp³-hybridized carbons (Fsp3) is 0. The molecule has 5 rings (SSSR count). The van der Waals surface area contributed by atoms with Crippen LogP contribution < -0.4 is 0 Å². The maximum atomic E-state index is 4.39. The van der Waals surface area contributed by atoms with Gasteiger partial charge in [-0.1, -0.05) is 12.1 Å². The van der Waals surface area contributed by atoms with Crippen molar-refractivity contribution in [1.82, 2.24) is 19.9 Å². The van der Waals surface area contributed by atoms with Gasteiger partial charge < -0.3 is 0 Å². The van der Waals surface area contributed by atoms with Crippen LogP contribution in [0.3, 0.4) is 0 Å². The molecular formula is C22H14N4. The molecule has 0 atom stereocenters. The zero-order valence-corrected chi connectivity index (χ0v) is 13.9. The van der Waals surface area contributed by atoms with E-state index < -0.39 is 0 Å². The van der Waals surface area contributed by atoms with Gasteiger partial charge in [0.1, 0.15) is 0 Å². The third kappa shape index (κ3) is 2.24. The number of pyridine rings is 4. The lowest BCUT2D eigenvalue weighted by molar-refractivity contribution is 1.32. The summed E-state index contributed by atoms with van der Waals surface area (Å²) in [5.41, 5.74) is 4.40. The average Bonchev–Trinajstić information content (AvgIpc) is 2.73. The Morgan fingerprint density at radius 3 is 1.31 bits per heavy atom. The summed E-state index contributed by atoms with van der Waals surface area (Å²) in [6.07, 6.45) is 14.9. The van der Waals surface area contributed by atoms with Gasteiger partial charge in [-0.2, -0.15) is 0 Å². The van der Waals surface area contributed by atoms with Crippen LogP contribution in [0, 0.1) is 0 Å². The Labute approximate surface area is 150 Å². The van der Waals surface area contributed by atoms with Crippen LogP contribution in [0.5, 0.6) is 0 Å². The summed E-state index contributed by atoms with van der Waals surface area (Å²) in [6.45, 7) is 0. The Hall–Kier alpha value is -3.66. The monoisotopic (exact) mass is 334 g/mol. The molecule has 26 heavy (non-hydrogen) atoms. The highest BCUT2D eigenvalue weighted by Gasteiger charge is 2.16. The number of aromatic nitrogens is 4. The van der Waals surface area contributed by atoms with Crippen LogP contribution in [0.15, 0.2) is 86.0 Å². The maximum Gasteiger partial charge on any atom is 0.0353 e. The Kier molecular flexibility index (Phi) is 3.39. The Bertz CT molecular complexity index is 1060. The number of fused-ring (bicyclic) bond motifs is 2. The van der Waals surface area contributed by atoms with Gasteiger partial charge in [0, 0.05) is 82.6 Å². The molecule has 4 heterocycles. The molecule has 0 bridgehead atoms. The van der Waals surface area contributed by atoms with E-state index in [1.165, 1.54) is 0 Å². The fourth-order valence-corrected chi connectivity index (χ4v) is 3.56. The predicted octanol–water partition coefficient (Wildman–Crippen LogP) is 4.91. The molecule has 0 spiro atoms. The molecule has 0 aliphatic rings. The first-order valence-electron chi connectivity index (χ1n) is 8.37. The Balaban J connectivity index is 2.02. The van der Waals surface area contributed by atoms with Crippen molar-refractivity contribution in [2.45, 2.75) is 0 Å². The molecule has 0 unspecified atom stereocenters. The van der Waals surface area contributed by atoms with Crippen LogP contribution in [0.2, 0.25) is 0 Å².